The van der Waals surface area contributed by atoms with Crippen LogP contribution in [0, 0.1) is 34.5 Å². The van der Waals surface area contributed by atoms with Gasteiger partial charge in [0.15, 0.2) is 0 Å². The van der Waals surface area contributed by atoms with E-state index in [1.165, 1.54) is 48.8 Å². The highest BCUT2D eigenvalue weighted by molar-refractivity contribution is 5.94. The topological polar surface area (TPSA) is 61.4 Å². The third-order valence-electron chi connectivity index (χ3n) is 14.0. The van der Waals surface area contributed by atoms with E-state index in [1.54, 1.807) is 0 Å². The van der Waals surface area contributed by atoms with Gasteiger partial charge in [-0.15, -0.1) is 0 Å². The van der Waals surface area contributed by atoms with Gasteiger partial charge in [0.2, 0.25) is 5.91 Å². The van der Waals surface area contributed by atoms with Crippen molar-refractivity contribution in [2.24, 2.45) is 34.5 Å². The van der Waals surface area contributed by atoms with Crippen molar-refractivity contribution in [2.45, 2.75) is 90.0 Å². The number of nitrogens with zero attached hydrogens (tertiary/aromatic N) is 1. The molecule has 2 amide bonds. The first-order valence-electron chi connectivity index (χ1n) is 18.3. The van der Waals surface area contributed by atoms with Crippen LogP contribution in [0.15, 0.2) is 72.8 Å². The Morgan fingerprint density at radius 1 is 0.830 bits per heavy atom. The third kappa shape index (κ3) is 5.38. The minimum atomic E-state index is 0.0589. The predicted molar refractivity (Wildman–Crippen MR) is 189 cm³/mol. The highest BCUT2D eigenvalue weighted by Gasteiger charge is 2.61. The van der Waals surface area contributed by atoms with Gasteiger partial charge in [-0.2, -0.15) is 0 Å². The van der Waals surface area contributed by atoms with Gasteiger partial charge in [0, 0.05) is 43.0 Å². The molecule has 5 aliphatic rings. The lowest BCUT2D eigenvalue weighted by Gasteiger charge is -2.61. The number of nitrogens with one attached hydrogen (secondary N) is 2. The van der Waals surface area contributed by atoms with Crippen LogP contribution < -0.4 is 10.6 Å². The van der Waals surface area contributed by atoms with Crippen LogP contribution in [0.5, 0.6) is 0 Å². The summed E-state index contributed by atoms with van der Waals surface area (Å²) < 4.78 is 0. The van der Waals surface area contributed by atoms with E-state index in [9.17, 15) is 9.59 Å². The van der Waals surface area contributed by atoms with Crippen LogP contribution in [0.3, 0.4) is 0 Å². The molecule has 2 heterocycles. The van der Waals surface area contributed by atoms with Crippen molar-refractivity contribution in [1.82, 2.24) is 10.2 Å². The van der Waals surface area contributed by atoms with Crippen molar-refractivity contribution in [3.8, 4) is 0 Å². The van der Waals surface area contributed by atoms with E-state index in [2.05, 4.69) is 103 Å². The smallest absolute Gasteiger partial charge is 0.251 e. The van der Waals surface area contributed by atoms with Gasteiger partial charge < -0.3 is 15.5 Å². The van der Waals surface area contributed by atoms with E-state index in [4.69, 9.17) is 0 Å². The van der Waals surface area contributed by atoms with E-state index < -0.39 is 0 Å². The Kier molecular flexibility index (Phi) is 7.73. The summed E-state index contributed by atoms with van der Waals surface area (Å²) in [4.78, 5) is 28.4. The Labute approximate surface area is 280 Å². The molecular weight excluding hydrogens is 578 g/mol. The number of likely N-dealkylation sites (tertiary alicyclic amines) is 1. The van der Waals surface area contributed by atoms with Crippen LogP contribution in [0.4, 0.5) is 11.4 Å². The fraction of sp³-hybridized carbons (Fsp3) is 0.524. The number of piperidine rings is 1. The fourth-order valence-electron chi connectivity index (χ4n) is 11.4. The molecule has 0 spiro atoms. The van der Waals surface area contributed by atoms with Crippen LogP contribution in [0.25, 0.3) is 0 Å². The van der Waals surface area contributed by atoms with Gasteiger partial charge in [-0.25, -0.2) is 0 Å². The number of benzene rings is 3. The van der Waals surface area contributed by atoms with Crippen LogP contribution in [-0.4, -0.2) is 36.3 Å². The molecular formula is C42H51N3O2. The van der Waals surface area contributed by atoms with Crippen LogP contribution in [-0.2, 0) is 17.6 Å². The third-order valence-corrected chi connectivity index (χ3v) is 14.0. The molecule has 0 radical (unpaired) electrons. The van der Waals surface area contributed by atoms with E-state index in [0.29, 0.717) is 30.2 Å². The summed E-state index contributed by atoms with van der Waals surface area (Å²) in [7, 11) is 2.05. The van der Waals surface area contributed by atoms with E-state index in [1.807, 2.05) is 6.07 Å². The zero-order valence-electron chi connectivity index (χ0n) is 28.4. The number of amides is 2. The molecule has 3 aromatic rings. The van der Waals surface area contributed by atoms with Crippen molar-refractivity contribution >= 4 is 23.2 Å². The average Bonchev–Trinajstić information content (AvgIpc) is 3.41. The number of anilines is 2. The summed E-state index contributed by atoms with van der Waals surface area (Å²) in [6.45, 7) is 5.81. The van der Waals surface area contributed by atoms with Gasteiger partial charge in [0.25, 0.3) is 5.91 Å². The summed E-state index contributed by atoms with van der Waals surface area (Å²) in [5, 5.41) is 6.98. The molecule has 8 rings (SSSR count). The molecule has 5 heteroatoms. The lowest BCUT2D eigenvalue weighted by molar-refractivity contribution is -0.158. The van der Waals surface area contributed by atoms with Crippen molar-refractivity contribution in [2.75, 3.05) is 18.9 Å². The van der Waals surface area contributed by atoms with E-state index >= 15 is 0 Å². The molecule has 3 aliphatic carbocycles. The highest BCUT2D eigenvalue weighted by atomic mass is 16.2. The molecule has 3 saturated carbocycles. The maximum atomic E-state index is 13.7. The monoisotopic (exact) mass is 629 g/mol. The molecule has 47 heavy (non-hydrogen) atoms. The zero-order chi connectivity index (χ0) is 32.3. The van der Waals surface area contributed by atoms with E-state index in [-0.39, 0.29) is 22.7 Å². The summed E-state index contributed by atoms with van der Waals surface area (Å²) in [5.41, 5.74) is 7.39. The Hall–Kier alpha value is -3.60. The van der Waals surface area contributed by atoms with Gasteiger partial charge in [0.1, 0.15) is 0 Å². The standard InChI is InChI=1S/C42H51N3O2/c1-41-19-17-37-35(14-16-38-42(37,2)20-18-39(46)45(38)3)36(41)15-13-32(41)26-43-40(47)30-10-6-9-29(25-30)31-21-27-7-4-11-33(23-27)44-34-12-5-8-28(22-31)24-34/h4-12,23-25,31-32,35-38,44H,13-22,26H2,1-3H3,(H,43,47)/t32-,35+,36+,37+,38-,41-,42-/m1/s1. The SMILES string of the molecule is CN1C(=O)CC[C@]2(C)[C@H]3CC[C@]4(C)[C@@H](CNC(=O)c5cccc(C6Cc7cccc(c7)Nc7cccc(c7)C6)c5)CC[C@H]4[C@@H]3CC[C@@H]12. The number of carbonyl (C=O) groups is 2. The Balaban J connectivity index is 0.958. The number of rotatable bonds is 4. The van der Waals surface area contributed by atoms with Crippen molar-refractivity contribution in [3.63, 3.8) is 0 Å². The number of hydrogen-bond donors (Lipinski definition) is 2. The van der Waals surface area contributed by atoms with Crippen molar-refractivity contribution in [3.05, 3.63) is 95.1 Å². The fourth-order valence-corrected chi connectivity index (χ4v) is 11.4. The zero-order valence-corrected chi connectivity index (χ0v) is 28.4. The number of hydrogen-bond acceptors (Lipinski definition) is 3. The van der Waals surface area contributed by atoms with Crippen molar-refractivity contribution < 1.29 is 9.59 Å². The molecule has 5 nitrogen and oxygen atoms in total. The molecule has 7 atom stereocenters. The van der Waals surface area contributed by atoms with Gasteiger partial charge in [0.05, 0.1) is 0 Å². The number of fused-ring (bicyclic) bond motifs is 9. The maximum absolute atomic E-state index is 13.7. The number of carbonyl (C=O) groups excluding carboxylic acids is 2. The first kappa shape index (κ1) is 30.7. The molecule has 1 saturated heterocycles. The van der Waals surface area contributed by atoms with Crippen LogP contribution in [0.1, 0.15) is 98.2 Å². The predicted octanol–water partition coefficient (Wildman–Crippen LogP) is 8.52. The molecule has 2 N–H and O–H groups in total. The summed E-state index contributed by atoms with van der Waals surface area (Å²) in [6.07, 6.45) is 11.0. The molecule has 4 bridgehead atoms. The molecule has 246 valence electrons. The molecule has 4 fully saturated rings. The largest absolute Gasteiger partial charge is 0.356 e. The maximum Gasteiger partial charge on any atom is 0.251 e. The summed E-state index contributed by atoms with van der Waals surface area (Å²) in [6, 6.07) is 26.3. The van der Waals surface area contributed by atoms with Crippen LogP contribution >= 0.6 is 0 Å². The normalized spacial score (nSPS) is 33.2. The second-order valence-electron chi connectivity index (χ2n) is 16.3. The Morgan fingerprint density at radius 2 is 1.53 bits per heavy atom. The molecule has 0 aromatic heterocycles. The van der Waals surface area contributed by atoms with Gasteiger partial charge in [-0.3, -0.25) is 9.59 Å². The molecule has 3 aromatic carbocycles. The summed E-state index contributed by atoms with van der Waals surface area (Å²) >= 11 is 0. The minimum absolute atomic E-state index is 0.0589. The lowest BCUT2D eigenvalue weighted by Crippen LogP contribution is -2.61. The lowest BCUT2D eigenvalue weighted by atomic mass is 9.47. The molecule has 0 unspecified atom stereocenters. The Bertz CT molecular complexity index is 1640. The Morgan fingerprint density at radius 3 is 2.28 bits per heavy atom. The summed E-state index contributed by atoms with van der Waals surface area (Å²) in [5.74, 6) is 3.41. The van der Waals surface area contributed by atoms with Gasteiger partial charge in [-0.1, -0.05) is 50.2 Å². The van der Waals surface area contributed by atoms with Crippen molar-refractivity contribution in [1.29, 1.82) is 0 Å². The first-order valence-corrected chi connectivity index (χ1v) is 18.3. The quantitative estimate of drug-likeness (QED) is 0.304. The van der Waals surface area contributed by atoms with Gasteiger partial charge >= 0.3 is 0 Å². The minimum Gasteiger partial charge on any atom is -0.356 e. The highest BCUT2D eigenvalue weighted by Crippen LogP contribution is 2.66. The second kappa shape index (κ2) is 11.8. The second-order valence-corrected chi connectivity index (χ2v) is 16.3. The van der Waals surface area contributed by atoms with Gasteiger partial charge in [-0.05, 0) is 151 Å². The van der Waals surface area contributed by atoms with Crippen LogP contribution in [0.2, 0.25) is 0 Å². The average molecular weight is 630 g/mol. The van der Waals surface area contributed by atoms with E-state index in [0.717, 1.165) is 61.0 Å². The molecule has 2 aliphatic heterocycles. The first-order chi connectivity index (χ1) is 22.7.